The van der Waals surface area contributed by atoms with Crippen LogP contribution in [0.3, 0.4) is 0 Å². The summed E-state index contributed by atoms with van der Waals surface area (Å²) in [4.78, 5) is 12.7. The van der Waals surface area contributed by atoms with E-state index in [0.29, 0.717) is 18.1 Å². The van der Waals surface area contributed by atoms with Crippen LogP contribution in [0.25, 0.3) is 16.8 Å². The minimum Gasteiger partial charge on any atom is -0.496 e. The second-order valence-corrected chi connectivity index (χ2v) is 8.34. The van der Waals surface area contributed by atoms with Crippen molar-refractivity contribution < 1.29 is 14.3 Å². The predicted octanol–water partition coefficient (Wildman–Crippen LogP) is 7.45. The molecule has 0 amide bonds. The van der Waals surface area contributed by atoms with Gasteiger partial charge in [-0.05, 0) is 64.2 Å². The predicted molar refractivity (Wildman–Crippen MR) is 135 cm³/mol. The molecule has 33 heavy (non-hydrogen) atoms. The Morgan fingerprint density at radius 1 is 0.879 bits per heavy atom. The van der Waals surface area contributed by atoms with E-state index in [-0.39, 0.29) is 5.78 Å². The summed E-state index contributed by atoms with van der Waals surface area (Å²) >= 11 is 0. The zero-order valence-corrected chi connectivity index (χ0v) is 19.2. The normalized spacial score (nSPS) is 11.3. The highest BCUT2D eigenvalue weighted by Crippen LogP contribution is 2.24. The van der Waals surface area contributed by atoms with Crippen molar-refractivity contribution in [3.63, 3.8) is 0 Å². The highest BCUT2D eigenvalue weighted by Gasteiger charge is 2.07. The topological polar surface area (TPSA) is 35.5 Å². The van der Waals surface area contributed by atoms with Gasteiger partial charge >= 0.3 is 0 Å². The average molecular weight is 437 g/mol. The van der Waals surface area contributed by atoms with Crippen molar-refractivity contribution in [3.05, 3.63) is 113 Å². The first-order chi connectivity index (χ1) is 16.0. The van der Waals surface area contributed by atoms with Gasteiger partial charge in [0.2, 0.25) is 0 Å². The first-order valence-corrected chi connectivity index (χ1v) is 11.1. The Kier molecular flexibility index (Phi) is 6.89. The Labute approximate surface area is 195 Å². The second kappa shape index (κ2) is 10.2. The number of hydrogen-bond acceptors (Lipinski definition) is 3. The molecule has 0 saturated heterocycles. The van der Waals surface area contributed by atoms with Gasteiger partial charge in [0, 0.05) is 11.1 Å². The number of ketones is 1. The Hall–Kier alpha value is -3.85. The van der Waals surface area contributed by atoms with Crippen molar-refractivity contribution in [1.29, 1.82) is 0 Å². The van der Waals surface area contributed by atoms with Gasteiger partial charge in [0.05, 0.1) is 7.11 Å². The number of allylic oxidation sites excluding steroid dienone is 1. The zero-order chi connectivity index (χ0) is 23.2. The maximum Gasteiger partial charge on any atom is 0.185 e. The van der Waals surface area contributed by atoms with Crippen LogP contribution in [0.15, 0.2) is 91.0 Å². The van der Waals surface area contributed by atoms with Crippen LogP contribution in [-0.4, -0.2) is 12.9 Å². The standard InChI is InChI=1S/C30H28O3/c1-21(2)23-12-14-28(15-13-23)33-20-27-18-22(9-17-30(27)32-3)8-16-29(31)26-11-10-24-6-4-5-7-25(24)19-26/h4-19,21H,20H2,1-3H3/b16-8+. The van der Waals surface area contributed by atoms with Crippen molar-refractivity contribution in [2.24, 2.45) is 0 Å². The lowest BCUT2D eigenvalue weighted by Crippen LogP contribution is -2.00. The number of fused-ring (bicyclic) bond motifs is 1. The lowest BCUT2D eigenvalue weighted by molar-refractivity contribution is 0.104. The Bertz CT molecular complexity index is 1280. The van der Waals surface area contributed by atoms with E-state index in [1.807, 2.05) is 78.9 Å². The molecule has 4 rings (SSSR count). The summed E-state index contributed by atoms with van der Waals surface area (Å²) in [6.45, 7) is 4.72. The maximum atomic E-state index is 12.7. The molecule has 3 heteroatoms. The smallest absolute Gasteiger partial charge is 0.185 e. The fraction of sp³-hybridized carbons (Fsp3) is 0.167. The molecule has 166 valence electrons. The van der Waals surface area contributed by atoms with Gasteiger partial charge in [0.25, 0.3) is 0 Å². The minimum atomic E-state index is -0.0281. The molecule has 0 aromatic heterocycles. The highest BCUT2D eigenvalue weighted by atomic mass is 16.5. The monoisotopic (exact) mass is 436 g/mol. The van der Waals surface area contributed by atoms with E-state index in [2.05, 4.69) is 26.0 Å². The van der Waals surface area contributed by atoms with E-state index >= 15 is 0 Å². The van der Waals surface area contributed by atoms with E-state index in [4.69, 9.17) is 9.47 Å². The van der Waals surface area contributed by atoms with Crippen LogP contribution in [-0.2, 0) is 6.61 Å². The molecule has 0 saturated carbocycles. The highest BCUT2D eigenvalue weighted by molar-refractivity contribution is 6.08. The molecule has 0 radical (unpaired) electrons. The number of carbonyl (C=O) groups excluding carboxylic acids is 1. The van der Waals surface area contributed by atoms with E-state index in [0.717, 1.165) is 33.4 Å². The number of methoxy groups -OCH3 is 1. The largest absolute Gasteiger partial charge is 0.496 e. The summed E-state index contributed by atoms with van der Waals surface area (Å²) in [6, 6.07) is 27.8. The first-order valence-electron chi connectivity index (χ1n) is 11.1. The third-order valence-corrected chi connectivity index (χ3v) is 5.71. The number of carbonyl (C=O) groups is 1. The fourth-order valence-corrected chi connectivity index (χ4v) is 3.74. The maximum absolute atomic E-state index is 12.7. The zero-order valence-electron chi connectivity index (χ0n) is 19.2. The summed E-state index contributed by atoms with van der Waals surface area (Å²) in [7, 11) is 1.65. The van der Waals surface area contributed by atoms with Crippen molar-refractivity contribution in [1.82, 2.24) is 0 Å². The molecule has 0 heterocycles. The van der Waals surface area contributed by atoms with E-state index in [1.165, 1.54) is 5.56 Å². The number of rotatable bonds is 8. The van der Waals surface area contributed by atoms with Crippen molar-refractivity contribution in [3.8, 4) is 11.5 Å². The molecule has 0 spiro atoms. The second-order valence-electron chi connectivity index (χ2n) is 8.34. The summed E-state index contributed by atoms with van der Waals surface area (Å²) in [5.74, 6) is 2.03. The Morgan fingerprint density at radius 3 is 2.36 bits per heavy atom. The SMILES string of the molecule is COc1ccc(/C=C/C(=O)c2ccc3ccccc3c2)cc1COc1ccc(C(C)C)cc1. The summed E-state index contributed by atoms with van der Waals surface area (Å²) in [5.41, 5.74) is 3.79. The number of ether oxygens (including phenoxy) is 2. The van der Waals surface area contributed by atoms with Gasteiger partial charge in [0.15, 0.2) is 5.78 Å². The average Bonchev–Trinajstić information content (AvgIpc) is 2.86. The molecule has 0 aliphatic heterocycles. The summed E-state index contributed by atoms with van der Waals surface area (Å²) in [5, 5.41) is 2.18. The van der Waals surface area contributed by atoms with E-state index < -0.39 is 0 Å². The lowest BCUT2D eigenvalue weighted by atomic mass is 10.0. The molecule has 4 aromatic carbocycles. The van der Waals surface area contributed by atoms with Gasteiger partial charge in [-0.15, -0.1) is 0 Å². The van der Waals surface area contributed by atoms with E-state index in [9.17, 15) is 4.79 Å². The van der Waals surface area contributed by atoms with Gasteiger partial charge in [-0.2, -0.15) is 0 Å². The van der Waals surface area contributed by atoms with Crippen molar-refractivity contribution in [2.45, 2.75) is 26.4 Å². The molecule has 0 aliphatic rings. The van der Waals surface area contributed by atoms with Crippen LogP contribution in [0.2, 0.25) is 0 Å². The van der Waals surface area contributed by atoms with Gasteiger partial charge in [-0.1, -0.05) is 74.5 Å². The molecule has 0 atom stereocenters. The van der Waals surface area contributed by atoms with Gasteiger partial charge in [0.1, 0.15) is 18.1 Å². The Morgan fingerprint density at radius 2 is 1.64 bits per heavy atom. The molecule has 4 aromatic rings. The van der Waals surface area contributed by atoms with Crippen LogP contribution in [0.4, 0.5) is 0 Å². The fourth-order valence-electron chi connectivity index (χ4n) is 3.74. The molecule has 3 nitrogen and oxygen atoms in total. The summed E-state index contributed by atoms with van der Waals surface area (Å²) < 4.78 is 11.5. The minimum absolute atomic E-state index is 0.0281. The molecule has 0 aliphatic carbocycles. The molecular formula is C30H28O3. The van der Waals surface area contributed by atoms with E-state index in [1.54, 1.807) is 13.2 Å². The van der Waals surface area contributed by atoms with Crippen LogP contribution in [0.5, 0.6) is 11.5 Å². The first kappa shape index (κ1) is 22.3. The van der Waals surface area contributed by atoms with Gasteiger partial charge in [-0.3, -0.25) is 4.79 Å². The molecule has 0 bridgehead atoms. The summed E-state index contributed by atoms with van der Waals surface area (Å²) in [6.07, 6.45) is 3.44. The number of hydrogen-bond donors (Lipinski definition) is 0. The lowest BCUT2D eigenvalue weighted by Gasteiger charge is -2.12. The third kappa shape index (κ3) is 5.50. The Balaban J connectivity index is 1.48. The quantitative estimate of drug-likeness (QED) is 0.213. The molecule has 0 unspecified atom stereocenters. The van der Waals surface area contributed by atoms with Crippen molar-refractivity contribution >= 4 is 22.6 Å². The third-order valence-electron chi connectivity index (χ3n) is 5.71. The van der Waals surface area contributed by atoms with Gasteiger partial charge < -0.3 is 9.47 Å². The van der Waals surface area contributed by atoms with Crippen LogP contribution >= 0.6 is 0 Å². The van der Waals surface area contributed by atoms with Crippen molar-refractivity contribution in [2.75, 3.05) is 7.11 Å². The molecule has 0 N–H and O–H groups in total. The van der Waals surface area contributed by atoms with Crippen LogP contribution < -0.4 is 9.47 Å². The van der Waals surface area contributed by atoms with Gasteiger partial charge in [-0.25, -0.2) is 0 Å². The molecule has 0 fully saturated rings. The van der Waals surface area contributed by atoms with Crippen LogP contribution in [0.1, 0.15) is 46.8 Å². The number of benzene rings is 4. The van der Waals surface area contributed by atoms with Crippen LogP contribution in [0, 0.1) is 0 Å². The molecular weight excluding hydrogens is 408 g/mol.